The molecule has 4 N–H and O–H groups in total. The maximum Gasteiger partial charge on any atom is 0.251 e. The second-order valence-electron chi connectivity index (χ2n) is 5.28. The van der Waals surface area contributed by atoms with Crippen molar-refractivity contribution in [3.05, 3.63) is 35.4 Å². The SMILES string of the molecule is CCCCCCN=C(N)NCCc1cccc(C(=O)NC)c1.I. The summed E-state index contributed by atoms with van der Waals surface area (Å²) in [6.07, 6.45) is 5.58. The Hall–Kier alpha value is -1.31. The summed E-state index contributed by atoms with van der Waals surface area (Å²) < 4.78 is 0. The number of unbranched alkanes of at least 4 members (excludes halogenated alkanes) is 3. The predicted molar refractivity (Wildman–Crippen MR) is 108 cm³/mol. The molecule has 23 heavy (non-hydrogen) atoms. The molecule has 0 aliphatic heterocycles. The van der Waals surface area contributed by atoms with Gasteiger partial charge in [0.15, 0.2) is 5.96 Å². The van der Waals surface area contributed by atoms with Crippen molar-refractivity contribution in [2.45, 2.75) is 39.0 Å². The van der Waals surface area contributed by atoms with Gasteiger partial charge in [-0.25, -0.2) is 0 Å². The van der Waals surface area contributed by atoms with Gasteiger partial charge in [-0.3, -0.25) is 9.79 Å². The molecular weight excluding hydrogens is 403 g/mol. The topological polar surface area (TPSA) is 79.5 Å². The van der Waals surface area contributed by atoms with E-state index >= 15 is 0 Å². The van der Waals surface area contributed by atoms with Crippen LogP contribution in [0.2, 0.25) is 0 Å². The van der Waals surface area contributed by atoms with Crippen molar-refractivity contribution in [1.82, 2.24) is 10.6 Å². The Labute approximate surface area is 156 Å². The molecular formula is C17H29IN4O. The normalized spacial score (nSPS) is 10.8. The summed E-state index contributed by atoms with van der Waals surface area (Å²) in [4.78, 5) is 15.9. The van der Waals surface area contributed by atoms with Gasteiger partial charge in [0.25, 0.3) is 5.91 Å². The average Bonchev–Trinajstić information content (AvgIpc) is 2.54. The summed E-state index contributed by atoms with van der Waals surface area (Å²) in [6.45, 7) is 3.69. The van der Waals surface area contributed by atoms with Gasteiger partial charge in [-0.2, -0.15) is 0 Å². The monoisotopic (exact) mass is 432 g/mol. The summed E-state index contributed by atoms with van der Waals surface area (Å²) >= 11 is 0. The number of rotatable bonds is 9. The summed E-state index contributed by atoms with van der Waals surface area (Å²) in [5.74, 6) is 0.432. The number of carbonyl (C=O) groups excluding carboxylic acids is 1. The standard InChI is InChI=1S/C17H28N4O.HI/c1-3-4-5-6-11-20-17(18)21-12-10-14-8-7-9-15(13-14)16(22)19-2;/h7-9,13H,3-6,10-12H2,1-2H3,(H,19,22)(H3,18,20,21);1H. The van der Waals surface area contributed by atoms with Crippen LogP contribution >= 0.6 is 24.0 Å². The fourth-order valence-corrected chi connectivity index (χ4v) is 2.14. The number of carbonyl (C=O) groups is 1. The molecule has 0 fully saturated rings. The molecule has 1 rings (SSSR count). The van der Waals surface area contributed by atoms with E-state index in [0.717, 1.165) is 24.9 Å². The lowest BCUT2D eigenvalue weighted by Gasteiger charge is -2.07. The highest BCUT2D eigenvalue weighted by molar-refractivity contribution is 14.0. The van der Waals surface area contributed by atoms with Crippen molar-refractivity contribution in [2.75, 3.05) is 20.1 Å². The van der Waals surface area contributed by atoms with Gasteiger partial charge < -0.3 is 16.4 Å². The fraction of sp³-hybridized carbons (Fsp3) is 0.529. The summed E-state index contributed by atoms with van der Waals surface area (Å²) in [7, 11) is 1.63. The predicted octanol–water partition coefficient (Wildman–Crippen LogP) is 2.69. The zero-order valence-corrected chi connectivity index (χ0v) is 16.4. The average molecular weight is 432 g/mol. The highest BCUT2D eigenvalue weighted by Crippen LogP contribution is 2.05. The zero-order valence-electron chi connectivity index (χ0n) is 14.1. The summed E-state index contributed by atoms with van der Waals surface area (Å²) in [5, 5.41) is 5.74. The van der Waals surface area contributed by atoms with Crippen molar-refractivity contribution in [3.63, 3.8) is 0 Å². The van der Waals surface area contributed by atoms with Crippen LogP contribution in [-0.4, -0.2) is 32.0 Å². The fourth-order valence-electron chi connectivity index (χ4n) is 2.14. The van der Waals surface area contributed by atoms with Gasteiger partial charge in [-0.1, -0.05) is 38.3 Å². The first-order valence-corrected chi connectivity index (χ1v) is 8.02. The maximum absolute atomic E-state index is 11.6. The first-order chi connectivity index (χ1) is 10.7. The van der Waals surface area contributed by atoms with E-state index in [1.165, 1.54) is 19.3 Å². The number of guanidine groups is 1. The van der Waals surface area contributed by atoms with Crippen LogP contribution in [0, 0.1) is 0 Å². The second-order valence-corrected chi connectivity index (χ2v) is 5.28. The second kappa shape index (κ2) is 13.2. The summed E-state index contributed by atoms with van der Waals surface area (Å²) in [5.41, 5.74) is 7.61. The van der Waals surface area contributed by atoms with Gasteiger partial charge in [0.1, 0.15) is 0 Å². The number of nitrogens with two attached hydrogens (primary N) is 1. The Kier molecular flexibility index (Phi) is 12.4. The lowest BCUT2D eigenvalue weighted by Crippen LogP contribution is -2.33. The van der Waals surface area contributed by atoms with E-state index in [-0.39, 0.29) is 29.9 Å². The molecule has 1 amide bonds. The van der Waals surface area contributed by atoms with Crippen LogP contribution < -0.4 is 16.4 Å². The molecule has 0 aliphatic rings. The van der Waals surface area contributed by atoms with Crippen molar-refractivity contribution < 1.29 is 4.79 Å². The molecule has 0 saturated carbocycles. The Bertz CT molecular complexity index is 491. The molecule has 0 bridgehead atoms. The van der Waals surface area contributed by atoms with Crippen LogP contribution in [0.4, 0.5) is 0 Å². The van der Waals surface area contributed by atoms with E-state index in [0.29, 0.717) is 18.1 Å². The highest BCUT2D eigenvalue weighted by atomic mass is 127. The van der Waals surface area contributed by atoms with Gasteiger partial charge in [0, 0.05) is 25.7 Å². The van der Waals surface area contributed by atoms with Crippen molar-refractivity contribution in [2.24, 2.45) is 10.7 Å². The molecule has 0 heterocycles. The van der Waals surface area contributed by atoms with E-state index in [1.807, 2.05) is 24.3 Å². The van der Waals surface area contributed by atoms with Gasteiger partial charge in [0.2, 0.25) is 0 Å². The minimum atomic E-state index is -0.0667. The smallest absolute Gasteiger partial charge is 0.251 e. The van der Waals surface area contributed by atoms with Crippen molar-refractivity contribution in [3.8, 4) is 0 Å². The molecule has 6 heteroatoms. The van der Waals surface area contributed by atoms with Crippen LogP contribution in [-0.2, 0) is 6.42 Å². The quantitative estimate of drug-likeness (QED) is 0.243. The number of benzene rings is 1. The molecule has 1 aromatic carbocycles. The van der Waals surface area contributed by atoms with E-state index in [9.17, 15) is 4.79 Å². The molecule has 0 saturated heterocycles. The van der Waals surface area contributed by atoms with E-state index in [2.05, 4.69) is 22.5 Å². The Morgan fingerprint density at radius 2 is 2.04 bits per heavy atom. The van der Waals surface area contributed by atoms with E-state index in [4.69, 9.17) is 5.73 Å². The lowest BCUT2D eigenvalue weighted by atomic mass is 10.1. The molecule has 0 atom stereocenters. The number of nitrogens with zero attached hydrogens (tertiary/aromatic N) is 1. The van der Waals surface area contributed by atoms with Gasteiger partial charge in [0.05, 0.1) is 0 Å². The molecule has 1 aromatic rings. The van der Waals surface area contributed by atoms with Crippen molar-refractivity contribution >= 4 is 35.8 Å². The molecule has 0 aliphatic carbocycles. The molecule has 0 unspecified atom stereocenters. The lowest BCUT2D eigenvalue weighted by molar-refractivity contribution is 0.0963. The van der Waals surface area contributed by atoms with Gasteiger partial charge in [-0.05, 0) is 30.5 Å². The summed E-state index contributed by atoms with van der Waals surface area (Å²) in [6, 6.07) is 7.61. The number of aliphatic imine (C=N–C) groups is 1. The number of hydrogen-bond donors (Lipinski definition) is 3. The van der Waals surface area contributed by atoms with E-state index < -0.39 is 0 Å². The maximum atomic E-state index is 11.6. The number of halogens is 1. The molecule has 130 valence electrons. The van der Waals surface area contributed by atoms with Crippen LogP contribution in [0.25, 0.3) is 0 Å². The minimum Gasteiger partial charge on any atom is -0.370 e. The Morgan fingerprint density at radius 1 is 1.26 bits per heavy atom. The molecule has 0 aromatic heterocycles. The van der Waals surface area contributed by atoms with Crippen LogP contribution in [0.1, 0.15) is 48.5 Å². The molecule has 0 radical (unpaired) electrons. The van der Waals surface area contributed by atoms with E-state index in [1.54, 1.807) is 7.05 Å². The first-order valence-electron chi connectivity index (χ1n) is 8.02. The molecule has 0 spiro atoms. The highest BCUT2D eigenvalue weighted by Gasteiger charge is 2.03. The van der Waals surface area contributed by atoms with Crippen molar-refractivity contribution in [1.29, 1.82) is 0 Å². The number of amides is 1. The first kappa shape index (κ1) is 21.7. The Balaban J connectivity index is 0.00000484. The van der Waals surface area contributed by atoms with Crippen LogP contribution in [0.15, 0.2) is 29.3 Å². The number of hydrogen-bond acceptors (Lipinski definition) is 2. The number of nitrogens with one attached hydrogen (secondary N) is 2. The van der Waals surface area contributed by atoms with Gasteiger partial charge in [-0.15, -0.1) is 24.0 Å². The van der Waals surface area contributed by atoms with Crippen LogP contribution in [0.5, 0.6) is 0 Å². The zero-order chi connectivity index (χ0) is 16.2. The van der Waals surface area contributed by atoms with Crippen LogP contribution in [0.3, 0.4) is 0 Å². The molecule has 5 nitrogen and oxygen atoms in total. The third-order valence-electron chi connectivity index (χ3n) is 3.43. The third kappa shape index (κ3) is 9.43. The minimum absolute atomic E-state index is 0. The Morgan fingerprint density at radius 3 is 2.74 bits per heavy atom. The van der Waals surface area contributed by atoms with Gasteiger partial charge >= 0.3 is 0 Å². The third-order valence-corrected chi connectivity index (χ3v) is 3.43. The largest absolute Gasteiger partial charge is 0.370 e.